The molecule has 0 radical (unpaired) electrons. The van der Waals surface area contributed by atoms with Gasteiger partial charge in [-0.1, -0.05) is 60.7 Å². The molecule has 1 aliphatic heterocycles. The van der Waals surface area contributed by atoms with E-state index in [1.165, 1.54) is 5.56 Å². The first-order valence-corrected chi connectivity index (χ1v) is 10.7. The molecule has 0 saturated carbocycles. The first-order chi connectivity index (χ1) is 14.8. The molecule has 0 spiro atoms. The number of hydrogen-bond acceptors (Lipinski definition) is 4. The van der Waals surface area contributed by atoms with Crippen LogP contribution in [0.3, 0.4) is 0 Å². The van der Waals surface area contributed by atoms with E-state index in [9.17, 15) is 4.79 Å². The maximum atomic E-state index is 12.5. The third-order valence-corrected chi connectivity index (χ3v) is 5.68. The fourth-order valence-corrected chi connectivity index (χ4v) is 3.90. The van der Waals surface area contributed by atoms with Crippen LogP contribution in [0, 0.1) is 5.92 Å². The van der Waals surface area contributed by atoms with E-state index in [-0.39, 0.29) is 11.8 Å². The van der Waals surface area contributed by atoms with E-state index in [1.54, 1.807) is 0 Å². The van der Waals surface area contributed by atoms with Crippen LogP contribution >= 0.6 is 0 Å². The maximum Gasteiger partial charge on any atom is 0.225 e. The van der Waals surface area contributed by atoms with Gasteiger partial charge in [0.1, 0.15) is 0 Å². The standard InChI is InChI=1S/C25H28N4O/c30-24(26-15-7-10-20-8-3-1-4-9-20)22-13-16-29(17-14-22)25-27-18-23(19-28-25)21-11-5-2-6-12-21/h1-6,8-9,11-12,18-19,22H,7,10,13-17H2,(H,26,30). The molecule has 2 aromatic carbocycles. The number of piperidine rings is 1. The summed E-state index contributed by atoms with van der Waals surface area (Å²) >= 11 is 0. The second kappa shape index (κ2) is 10.0. The fourth-order valence-electron chi connectivity index (χ4n) is 3.90. The van der Waals surface area contributed by atoms with E-state index in [1.807, 2.05) is 36.7 Å². The second-order valence-electron chi connectivity index (χ2n) is 7.78. The van der Waals surface area contributed by atoms with E-state index >= 15 is 0 Å². The van der Waals surface area contributed by atoms with Crippen molar-refractivity contribution in [2.45, 2.75) is 25.7 Å². The van der Waals surface area contributed by atoms with Gasteiger partial charge in [0.05, 0.1) is 0 Å². The molecule has 5 nitrogen and oxygen atoms in total. The van der Waals surface area contributed by atoms with Crippen LogP contribution in [-0.4, -0.2) is 35.5 Å². The molecule has 2 heterocycles. The molecular formula is C25H28N4O. The van der Waals surface area contributed by atoms with Crippen LogP contribution in [0.5, 0.6) is 0 Å². The Balaban J connectivity index is 1.21. The summed E-state index contributed by atoms with van der Waals surface area (Å²) in [7, 11) is 0. The van der Waals surface area contributed by atoms with E-state index in [4.69, 9.17) is 0 Å². The van der Waals surface area contributed by atoms with E-state index in [2.05, 4.69) is 56.6 Å². The number of carbonyl (C=O) groups excluding carboxylic acids is 1. The van der Waals surface area contributed by atoms with E-state index in [0.29, 0.717) is 0 Å². The van der Waals surface area contributed by atoms with Crippen LogP contribution < -0.4 is 10.2 Å². The van der Waals surface area contributed by atoms with Crippen molar-refractivity contribution in [3.05, 3.63) is 78.6 Å². The molecule has 1 amide bonds. The molecule has 1 aliphatic rings. The van der Waals surface area contributed by atoms with Crippen LogP contribution in [0.15, 0.2) is 73.1 Å². The molecule has 0 unspecified atom stereocenters. The lowest BCUT2D eigenvalue weighted by molar-refractivity contribution is -0.125. The van der Waals surface area contributed by atoms with Crippen molar-refractivity contribution in [2.75, 3.05) is 24.5 Å². The normalized spacial score (nSPS) is 14.5. The molecule has 1 fully saturated rings. The van der Waals surface area contributed by atoms with Gasteiger partial charge in [-0.25, -0.2) is 9.97 Å². The molecule has 30 heavy (non-hydrogen) atoms. The first-order valence-electron chi connectivity index (χ1n) is 10.7. The molecule has 1 aromatic heterocycles. The van der Waals surface area contributed by atoms with Gasteiger partial charge in [0, 0.05) is 43.5 Å². The SMILES string of the molecule is O=C(NCCCc1ccccc1)C1CCN(c2ncc(-c3ccccc3)cn2)CC1. The predicted octanol–water partition coefficient (Wildman–Crippen LogP) is 4.11. The molecule has 1 saturated heterocycles. The number of aromatic nitrogens is 2. The van der Waals surface area contributed by atoms with Gasteiger partial charge in [-0.15, -0.1) is 0 Å². The first kappa shape index (κ1) is 20.1. The van der Waals surface area contributed by atoms with Crippen molar-refractivity contribution < 1.29 is 4.79 Å². The van der Waals surface area contributed by atoms with Crippen molar-refractivity contribution in [1.29, 1.82) is 0 Å². The fraction of sp³-hybridized carbons (Fsp3) is 0.320. The summed E-state index contributed by atoms with van der Waals surface area (Å²) in [5.41, 5.74) is 3.45. The summed E-state index contributed by atoms with van der Waals surface area (Å²) in [5.74, 6) is 1.01. The summed E-state index contributed by atoms with van der Waals surface area (Å²) in [6.45, 7) is 2.36. The van der Waals surface area contributed by atoms with E-state index < -0.39 is 0 Å². The predicted molar refractivity (Wildman–Crippen MR) is 120 cm³/mol. The third kappa shape index (κ3) is 5.23. The Hall–Kier alpha value is -3.21. The zero-order valence-electron chi connectivity index (χ0n) is 17.2. The lowest BCUT2D eigenvalue weighted by Crippen LogP contribution is -2.41. The van der Waals surface area contributed by atoms with Crippen molar-refractivity contribution in [1.82, 2.24) is 15.3 Å². The lowest BCUT2D eigenvalue weighted by Gasteiger charge is -2.31. The highest BCUT2D eigenvalue weighted by atomic mass is 16.1. The number of nitrogens with zero attached hydrogens (tertiary/aromatic N) is 3. The maximum absolute atomic E-state index is 12.5. The van der Waals surface area contributed by atoms with Crippen molar-refractivity contribution in [3.63, 3.8) is 0 Å². The molecule has 5 heteroatoms. The second-order valence-corrected chi connectivity index (χ2v) is 7.78. The Morgan fingerprint density at radius 1 is 0.900 bits per heavy atom. The number of hydrogen-bond donors (Lipinski definition) is 1. The summed E-state index contributed by atoms with van der Waals surface area (Å²) in [4.78, 5) is 23.8. The van der Waals surface area contributed by atoms with Gasteiger partial charge < -0.3 is 10.2 Å². The molecule has 154 valence electrons. The van der Waals surface area contributed by atoms with Crippen LogP contribution in [0.1, 0.15) is 24.8 Å². The van der Waals surface area contributed by atoms with Gasteiger partial charge in [-0.2, -0.15) is 0 Å². The van der Waals surface area contributed by atoms with Crippen molar-refractivity contribution >= 4 is 11.9 Å². The Bertz CT molecular complexity index is 920. The van der Waals surface area contributed by atoms with Gasteiger partial charge in [-0.05, 0) is 36.8 Å². The number of aryl methyl sites for hydroxylation is 1. The van der Waals surface area contributed by atoms with Crippen LogP contribution in [0.2, 0.25) is 0 Å². The van der Waals surface area contributed by atoms with Gasteiger partial charge in [0.25, 0.3) is 0 Å². The summed E-state index contributed by atoms with van der Waals surface area (Å²) in [6.07, 6.45) is 7.40. The molecule has 0 aliphatic carbocycles. The Labute approximate surface area is 178 Å². The minimum absolute atomic E-state index is 0.0848. The summed E-state index contributed by atoms with van der Waals surface area (Å²) in [5, 5.41) is 3.11. The monoisotopic (exact) mass is 400 g/mol. The Morgan fingerprint density at radius 3 is 2.20 bits per heavy atom. The topological polar surface area (TPSA) is 58.1 Å². The quantitative estimate of drug-likeness (QED) is 0.607. The Kier molecular flexibility index (Phi) is 6.70. The number of anilines is 1. The molecule has 0 atom stereocenters. The third-order valence-electron chi connectivity index (χ3n) is 5.68. The molecule has 0 bridgehead atoms. The summed E-state index contributed by atoms with van der Waals surface area (Å²) < 4.78 is 0. The smallest absolute Gasteiger partial charge is 0.225 e. The van der Waals surface area contributed by atoms with Crippen LogP contribution in [0.4, 0.5) is 5.95 Å². The van der Waals surface area contributed by atoms with Gasteiger partial charge in [0.2, 0.25) is 11.9 Å². The number of benzene rings is 2. The summed E-state index contributed by atoms with van der Waals surface area (Å²) in [6, 6.07) is 20.5. The highest BCUT2D eigenvalue weighted by Gasteiger charge is 2.25. The van der Waals surface area contributed by atoms with Gasteiger partial charge in [0.15, 0.2) is 0 Å². The molecular weight excluding hydrogens is 372 g/mol. The Morgan fingerprint density at radius 2 is 1.53 bits per heavy atom. The number of nitrogens with one attached hydrogen (secondary N) is 1. The number of amides is 1. The van der Waals surface area contributed by atoms with Crippen LogP contribution in [-0.2, 0) is 11.2 Å². The zero-order chi connectivity index (χ0) is 20.6. The highest BCUT2D eigenvalue weighted by Crippen LogP contribution is 2.23. The average Bonchev–Trinajstić information content (AvgIpc) is 2.83. The number of rotatable bonds is 7. The van der Waals surface area contributed by atoms with Crippen molar-refractivity contribution in [2.24, 2.45) is 5.92 Å². The number of carbonyl (C=O) groups is 1. The largest absolute Gasteiger partial charge is 0.356 e. The van der Waals surface area contributed by atoms with Crippen LogP contribution in [0.25, 0.3) is 11.1 Å². The van der Waals surface area contributed by atoms with E-state index in [0.717, 1.165) is 62.4 Å². The van der Waals surface area contributed by atoms with Gasteiger partial charge in [-0.3, -0.25) is 4.79 Å². The highest BCUT2D eigenvalue weighted by molar-refractivity contribution is 5.78. The minimum Gasteiger partial charge on any atom is -0.356 e. The lowest BCUT2D eigenvalue weighted by atomic mass is 9.96. The van der Waals surface area contributed by atoms with Crippen molar-refractivity contribution in [3.8, 4) is 11.1 Å². The zero-order valence-corrected chi connectivity index (χ0v) is 17.2. The average molecular weight is 401 g/mol. The molecule has 4 rings (SSSR count). The van der Waals surface area contributed by atoms with Gasteiger partial charge >= 0.3 is 0 Å². The molecule has 3 aromatic rings. The molecule has 1 N–H and O–H groups in total. The minimum atomic E-state index is 0.0848.